The highest BCUT2D eigenvalue weighted by Gasteiger charge is 2.49. The van der Waals surface area contributed by atoms with Crippen molar-refractivity contribution >= 4 is 5.91 Å². The van der Waals surface area contributed by atoms with Gasteiger partial charge >= 0.3 is 12.1 Å². The van der Waals surface area contributed by atoms with E-state index in [-0.39, 0.29) is 6.54 Å². The molecule has 0 aromatic rings. The number of hydrogen-bond donors (Lipinski definition) is 1. The number of carbonyl (C=O) groups excluding carboxylic acids is 1. The molecule has 0 radical (unpaired) electrons. The van der Waals surface area contributed by atoms with Crippen molar-refractivity contribution in [2.24, 2.45) is 17.8 Å². The van der Waals surface area contributed by atoms with Crippen molar-refractivity contribution in [1.82, 2.24) is 10.2 Å². The van der Waals surface area contributed by atoms with E-state index in [4.69, 9.17) is 0 Å². The summed E-state index contributed by atoms with van der Waals surface area (Å²) in [6.45, 7) is 0.854. The lowest BCUT2D eigenvalue weighted by Crippen LogP contribution is -2.38. The van der Waals surface area contributed by atoms with Crippen LogP contribution in [-0.4, -0.2) is 42.2 Å². The van der Waals surface area contributed by atoms with Crippen molar-refractivity contribution in [2.45, 2.75) is 24.7 Å². The summed E-state index contributed by atoms with van der Waals surface area (Å²) in [5.41, 5.74) is 0.755. The first kappa shape index (κ1) is 15.7. The topological polar surface area (TPSA) is 32.3 Å². The van der Waals surface area contributed by atoms with Crippen LogP contribution >= 0.6 is 0 Å². The number of alkyl halides is 3. The SMILES string of the molecule is O=C(NCC1=CC2CN3C4C=CC=CC4CC3C2C=C1)C(F)(F)F. The molecule has 2 heterocycles. The van der Waals surface area contributed by atoms with Gasteiger partial charge in [-0.1, -0.05) is 42.5 Å². The van der Waals surface area contributed by atoms with Crippen LogP contribution < -0.4 is 5.32 Å². The molecule has 1 N–H and O–H groups in total. The Morgan fingerprint density at radius 3 is 2.79 bits per heavy atom. The zero-order valence-electron chi connectivity index (χ0n) is 13.0. The number of hydrogen-bond acceptors (Lipinski definition) is 2. The maximum atomic E-state index is 12.3. The first-order chi connectivity index (χ1) is 11.4. The van der Waals surface area contributed by atoms with Gasteiger partial charge in [-0.2, -0.15) is 13.2 Å². The summed E-state index contributed by atoms with van der Waals surface area (Å²) in [5.74, 6) is -0.573. The molecule has 0 saturated carbocycles. The van der Waals surface area contributed by atoms with Crippen LogP contribution in [0.1, 0.15) is 6.42 Å². The highest BCUT2D eigenvalue weighted by atomic mass is 19.4. The van der Waals surface area contributed by atoms with Gasteiger partial charge in [-0.05, 0) is 23.8 Å². The molecule has 2 aliphatic heterocycles. The van der Waals surface area contributed by atoms with E-state index in [1.165, 1.54) is 0 Å². The number of rotatable bonds is 2. The van der Waals surface area contributed by atoms with E-state index in [1.54, 1.807) is 0 Å². The van der Waals surface area contributed by atoms with Crippen LogP contribution in [0, 0.1) is 17.8 Å². The number of allylic oxidation sites excluding steroid dienone is 2. The Morgan fingerprint density at radius 1 is 1.21 bits per heavy atom. The van der Waals surface area contributed by atoms with E-state index in [0.717, 1.165) is 18.5 Å². The lowest BCUT2D eigenvalue weighted by Gasteiger charge is -2.25. The van der Waals surface area contributed by atoms with Crippen LogP contribution in [0.2, 0.25) is 0 Å². The van der Waals surface area contributed by atoms with E-state index >= 15 is 0 Å². The summed E-state index contributed by atoms with van der Waals surface area (Å²) < 4.78 is 36.8. The van der Waals surface area contributed by atoms with E-state index in [9.17, 15) is 18.0 Å². The fourth-order valence-corrected chi connectivity index (χ4v) is 4.54. The average molecular weight is 336 g/mol. The summed E-state index contributed by atoms with van der Waals surface area (Å²) in [4.78, 5) is 13.5. The molecule has 0 bridgehead atoms. The van der Waals surface area contributed by atoms with Gasteiger partial charge in [0, 0.05) is 31.1 Å². The number of halogens is 3. The first-order valence-electron chi connectivity index (χ1n) is 8.28. The molecule has 24 heavy (non-hydrogen) atoms. The summed E-state index contributed by atoms with van der Waals surface area (Å²) in [6.07, 6.45) is 11.1. The van der Waals surface area contributed by atoms with Gasteiger partial charge < -0.3 is 5.32 Å². The zero-order valence-corrected chi connectivity index (χ0v) is 13.0. The number of fused-ring (bicyclic) bond motifs is 5. The smallest absolute Gasteiger partial charge is 0.344 e. The van der Waals surface area contributed by atoms with Gasteiger partial charge in [0.15, 0.2) is 0 Å². The normalized spacial score (nSPS) is 37.0. The Labute approximate surface area is 138 Å². The molecule has 0 aromatic carbocycles. The van der Waals surface area contributed by atoms with E-state index in [0.29, 0.717) is 29.8 Å². The van der Waals surface area contributed by atoms with Gasteiger partial charge in [0.05, 0.1) is 0 Å². The summed E-state index contributed by atoms with van der Waals surface area (Å²) in [7, 11) is 0. The Balaban J connectivity index is 1.42. The Morgan fingerprint density at radius 2 is 2.00 bits per heavy atom. The molecular weight excluding hydrogens is 317 g/mol. The van der Waals surface area contributed by atoms with Crippen molar-refractivity contribution in [3.05, 3.63) is 48.1 Å². The third kappa shape index (κ3) is 2.62. The van der Waals surface area contributed by atoms with Crippen molar-refractivity contribution < 1.29 is 18.0 Å². The molecular formula is C18H19F3N2O. The van der Waals surface area contributed by atoms with E-state index < -0.39 is 12.1 Å². The first-order valence-corrected chi connectivity index (χ1v) is 8.28. The lowest BCUT2D eigenvalue weighted by atomic mass is 9.81. The molecule has 128 valence electrons. The van der Waals surface area contributed by atoms with Gasteiger partial charge in [0.1, 0.15) is 0 Å². The molecule has 2 aliphatic carbocycles. The maximum Gasteiger partial charge on any atom is 0.471 e. The van der Waals surface area contributed by atoms with E-state index in [2.05, 4.69) is 35.3 Å². The second kappa shape index (κ2) is 5.62. The molecule has 0 aromatic heterocycles. The van der Waals surface area contributed by atoms with Crippen LogP contribution in [-0.2, 0) is 4.79 Å². The van der Waals surface area contributed by atoms with Crippen molar-refractivity contribution in [2.75, 3.05) is 13.1 Å². The molecule has 5 atom stereocenters. The average Bonchev–Trinajstić information content (AvgIpc) is 3.07. The largest absolute Gasteiger partial charge is 0.471 e. The quantitative estimate of drug-likeness (QED) is 0.841. The number of carbonyl (C=O) groups is 1. The number of nitrogens with zero attached hydrogens (tertiary/aromatic N) is 1. The van der Waals surface area contributed by atoms with Gasteiger partial charge in [-0.3, -0.25) is 9.69 Å². The van der Waals surface area contributed by atoms with Crippen LogP contribution in [0.25, 0.3) is 0 Å². The zero-order chi connectivity index (χ0) is 16.9. The van der Waals surface area contributed by atoms with E-state index in [1.807, 2.05) is 17.5 Å². The van der Waals surface area contributed by atoms with Crippen molar-refractivity contribution in [3.8, 4) is 0 Å². The third-order valence-corrected chi connectivity index (χ3v) is 5.57. The molecule has 0 spiro atoms. The minimum absolute atomic E-state index is 0.0720. The summed E-state index contributed by atoms with van der Waals surface area (Å²) in [5, 5.41) is 1.95. The van der Waals surface area contributed by atoms with Gasteiger partial charge in [-0.15, -0.1) is 0 Å². The molecule has 6 heteroatoms. The predicted molar refractivity (Wildman–Crippen MR) is 83.9 cm³/mol. The maximum absolute atomic E-state index is 12.3. The monoisotopic (exact) mass is 336 g/mol. The molecule has 4 rings (SSSR count). The van der Waals surface area contributed by atoms with Crippen LogP contribution in [0.3, 0.4) is 0 Å². The minimum atomic E-state index is -4.83. The number of amides is 1. The van der Waals surface area contributed by atoms with Crippen molar-refractivity contribution in [3.63, 3.8) is 0 Å². The molecule has 2 fully saturated rings. The Kier molecular flexibility index (Phi) is 3.67. The van der Waals surface area contributed by atoms with Gasteiger partial charge in [-0.25, -0.2) is 0 Å². The number of nitrogens with one attached hydrogen (secondary N) is 1. The van der Waals surface area contributed by atoms with Crippen molar-refractivity contribution in [1.29, 1.82) is 0 Å². The molecule has 2 saturated heterocycles. The standard InChI is InChI=1S/C18H19F3N2O/c19-18(20,21)17(24)22-9-11-5-6-14-13(7-11)10-23-15-4-2-1-3-12(15)8-16(14)23/h1-7,12-16H,8-10H2,(H,22,24). The second-order valence-electron chi connectivity index (χ2n) is 6.95. The fourth-order valence-electron chi connectivity index (χ4n) is 4.54. The molecule has 1 amide bonds. The Hall–Kier alpha value is -1.82. The molecule has 5 unspecified atom stereocenters. The van der Waals surface area contributed by atoms with Gasteiger partial charge in [0.25, 0.3) is 0 Å². The van der Waals surface area contributed by atoms with Gasteiger partial charge in [0.2, 0.25) is 0 Å². The highest BCUT2D eigenvalue weighted by Crippen LogP contribution is 2.46. The predicted octanol–water partition coefficient (Wildman–Crippen LogP) is 2.59. The summed E-state index contributed by atoms with van der Waals surface area (Å²) in [6, 6.07) is 0.942. The second-order valence-corrected chi connectivity index (χ2v) is 6.95. The fraction of sp³-hybridized carbons (Fsp3) is 0.500. The third-order valence-electron chi connectivity index (χ3n) is 5.57. The minimum Gasteiger partial charge on any atom is -0.344 e. The molecule has 3 nitrogen and oxygen atoms in total. The van der Waals surface area contributed by atoms with Crippen LogP contribution in [0.4, 0.5) is 13.2 Å². The Bertz CT molecular complexity index is 662. The highest BCUT2D eigenvalue weighted by molar-refractivity contribution is 5.81. The lowest BCUT2D eigenvalue weighted by molar-refractivity contribution is -0.173. The molecule has 4 aliphatic rings. The van der Waals surface area contributed by atoms with Crippen LogP contribution in [0.5, 0.6) is 0 Å². The van der Waals surface area contributed by atoms with Crippen LogP contribution in [0.15, 0.2) is 48.1 Å². The summed E-state index contributed by atoms with van der Waals surface area (Å²) >= 11 is 0.